The number of hydrogen-bond acceptors (Lipinski definition) is 4. The highest BCUT2D eigenvalue weighted by Crippen LogP contribution is 2.18. The molecule has 0 fully saturated rings. The zero-order chi connectivity index (χ0) is 20.2. The largest absolute Gasteiger partial charge is 0.497 e. The average molecular weight is 386 g/mol. The number of hydrogen-bond donors (Lipinski definition) is 1. The number of carbonyl (C=O) groups excluding carboxylic acids is 1. The third kappa shape index (κ3) is 4.11. The molecule has 4 aromatic rings. The molecule has 0 bridgehead atoms. The van der Waals surface area contributed by atoms with Gasteiger partial charge < -0.3 is 10.1 Å². The van der Waals surface area contributed by atoms with E-state index in [2.05, 4.69) is 22.6 Å². The van der Waals surface area contributed by atoms with Gasteiger partial charge in [-0.25, -0.2) is 4.68 Å². The third-order valence-corrected chi connectivity index (χ3v) is 4.89. The molecule has 0 saturated heterocycles. The SMILES string of the molecule is CCc1ccc(NC(=O)c2ccc3c(c2)nnn3Cc2ccc(OC)cc2)cc1. The van der Waals surface area contributed by atoms with Crippen molar-refractivity contribution in [2.75, 3.05) is 12.4 Å². The summed E-state index contributed by atoms with van der Waals surface area (Å²) in [6, 6.07) is 21.2. The standard InChI is InChI=1S/C23H22N4O2/c1-3-16-4-9-19(10-5-16)24-23(28)18-8-13-22-21(14-18)25-26-27(22)15-17-6-11-20(29-2)12-7-17/h4-14H,3,15H2,1-2H3,(H,24,28). The van der Waals surface area contributed by atoms with E-state index in [0.717, 1.165) is 28.9 Å². The van der Waals surface area contributed by atoms with Crippen molar-refractivity contribution in [3.05, 3.63) is 83.4 Å². The first-order valence-corrected chi connectivity index (χ1v) is 9.52. The number of methoxy groups -OCH3 is 1. The first kappa shape index (κ1) is 18.7. The molecular weight excluding hydrogens is 364 g/mol. The van der Waals surface area contributed by atoms with Crippen LogP contribution in [-0.2, 0) is 13.0 Å². The van der Waals surface area contributed by atoms with Crippen LogP contribution in [-0.4, -0.2) is 28.0 Å². The zero-order valence-corrected chi connectivity index (χ0v) is 16.4. The van der Waals surface area contributed by atoms with Crippen LogP contribution in [0.1, 0.15) is 28.4 Å². The number of rotatable bonds is 6. The molecule has 0 aliphatic carbocycles. The quantitative estimate of drug-likeness (QED) is 0.536. The number of fused-ring (bicyclic) bond motifs is 1. The van der Waals surface area contributed by atoms with Crippen molar-refractivity contribution in [2.45, 2.75) is 19.9 Å². The Morgan fingerprint density at radius 1 is 1.00 bits per heavy atom. The van der Waals surface area contributed by atoms with Gasteiger partial charge in [-0.1, -0.05) is 36.4 Å². The summed E-state index contributed by atoms with van der Waals surface area (Å²) in [5.74, 6) is 0.651. The van der Waals surface area contributed by atoms with Crippen molar-refractivity contribution in [1.29, 1.82) is 0 Å². The maximum absolute atomic E-state index is 12.6. The number of nitrogens with zero attached hydrogens (tertiary/aromatic N) is 3. The van der Waals surface area contributed by atoms with Crippen molar-refractivity contribution >= 4 is 22.6 Å². The predicted octanol–water partition coefficient (Wildman–Crippen LogP) is 4.30. The van der Waals surface area contributed by atoms with Gasteiger partial charge in [0.2, 0.25) is 0 Å². The molecule has 0 saturated carbocycles. The van der Waals surface area contributed by atoms with Crippen LogP contribution in [0.25, 0.3) is 11.0 Å². The number of aromatic nitrogens is 3. The monoisotopic (exact) mass is 386 g/mol. The molecule has 1 amide bonds. The number of carbonyl (C=O) groups is 1. The first-order valence-electron chi connectivity index (χ1n) is 9.52. The number of benzene rings is 3. The fourth-order valence-corrected chi connectivity index (χ4v) is 3.16. The van der Waals surface area contributed by atoms with Crippen LogP contribution in [0.3, 0.4) is 0 Å². The molecule has 1 heterocycles. The van der Waals surface area contributed by atoms with Gasteiger partial charge in [0.1, 0.15) is 11.3 Å². The average Bonchev–Trinajstić information content (AvgIpc) is 3.16. The Balaban J connectivity index is 1.51. The van der Waals surface area contributed by atoms with Crippen molar-refractivity contribution < 1.29 is 9.53 Å². The maximum Gasteiger partial charge on any atom is 0.255 e. The lowest BCUT2D eigenvalue weighted by molar-refractivity contribution is 0.102. The Hall–Kier alpha value is -3.67. The fraction of sp³-hybridized carbons (Fsp3) is 0.174. The minimum Gasteiger partial charge on any atom is -0.497 e. The molecular formula is C23H22N4O2. The molecule has 0 aliphatic rings. The predicted molar refractivity (Wildman–Crippen MR) is 113 cm³/mol. The highest BCUT2D eigenvalue weighted by Gasteiger charge is 2.11. The maximum atomic E-state index is 12.6. The van der Waals surface area contributed by atoms with Gasteiger partial charge in [-0.3, -0.25) is 4.79 Å². The van der Waals surface area contributed by atoms with Gasteiger partial charge in [-0.2, -0.15) is 0 Å². The smallest absolute Gasteiger partial charge is 0.255 e. The Labute approximate surface area is 169 Å². The molecule has 0 spiro atoms. The minimum absolute atomic E-state index is 0.166. The van der Waals surface area contributed by atoms with Crippen molar-refractivity contribution in [1.82, 2.24) is 15.0 Å². The lowest BCUT2D eigenvalue weighted by Gasteiger charge is -2.07. The third-order valence-electron chi connectivity index (χ3n) is 4.89. The van der Waals surface area contributed by atoms with Gasteiger partial charge in [0.15, 0.2) is 0 Å². The van der Waals surface area contributed by atoms with E-state index in [-0.39, 0.29) is 5.91 Å². The normalized spacial score (nSPS) is 10.8. The molecule has 1 N–H and O–H groups in total. The fourth-order valence-electron chi connectivity index (χ4n) is 3.16. The number of aryl methyl sites for hydroxylation is 1. The van der Waals surface area contributed by atoms with Crippen LogP contribution in [0, 0.1) is 0 Å². The summed E-state index contributed by atoms with van der Waals surface area (Å²) >= 11 is 0. The number of amides is 1. The summed E-state index contributed by atoms with van der Waals surface area (Å²) in [5.41, 5.74) is 5.22. The summed E-state index contributed by atoms with van der Waals surface area (Å²) in [5, 5.41) is 11.4. The van der Waals surface area contributed by atoms with Crippen LogP contribution in [0.15, 0.2) is 66.7 Å². The van der Waals surface area contributed by atoms with Crippen LogP contribution in [0.5, 0.6) is 5.75 Å². The van der Waals surface area contributed by atoms with E-state index < -0.39 is 0 Å². The van der Waals surface area contributed by atoms with Gasteiger partial charge in [0, 0.05) is 11.3 Å². The molecule has 0 atom stereocenters. The van der Waals surface area contributed by atoms with Crippen LogP contribution in [0.2, 0.25) is 0 Å². The molecule has 1 aromatic heterocycles. The molecule has 0 unspecified atom stereocenters. The molecule has 0 aliphatic heterocycles. The van der Waals surface area contributed by atoms with E-state index in [4.69, 9.17) is 4.74 Å². The lowest BCUT2D eigenvalue weighted by Crippen LogP contribution is -2.11. The molecule has 6 heteroatoms. The van der Waals surface area contributed by atoms with E-state index in [9.17, 15) is 4.79 Å². The number of anilines is 1. The van der Waals surface area contributed by atoms with E-state index >= 15 is 0 Å². The molecule has 146 valence electrons. The molecule has 0 radical (unpaired) electrons. The van der Waals surface area contributed by atoms with Gasteiger partial charge >= 0.3 is 0 Å². The van der Waals surface area contributed by atoms with Crippen molar-refractivity contribution in [2.24, 2.45) is 0 Å². The Bertz CT molecular complexity index is 1130. The van der Waals surface area contributed by atoms with Crippen LogP contribution in [0.4, 0.5) is 5.69 Å². The second-order valence-corrected chi connectivity index (χ2v) is 6.80. The molecule has 3 aromatic carbocycles. The topological polar surface area (TPSA) is 69.0 Å². The van der Waals surface area contributed by atoms with Gasteiger partial charge in [0.25, 0.3) is 5.91 Å². The molecule has 4 rings (SSSR count). The highest BCUT2D eigenvalue weighted by atomic mass is 16.5. The highest BCUT2D eigenvalue weighted by molar-refractivity contribution is 6.05. The molecule has 29 heavy (non-hydrogen) atoms. The number of nitrogens with one attached hydrogen (secondary N) is 1. The van der Waals surface area contributed by atoms with E-state index in [1.165, 1.54) is 5.56 Å². The summed E-state index contributed by atoms with van der Waals surface area (Å²) in [7, 11) is 1.65. The van der Waals surface area contributed by atoms with E-state index in [1.807, 2.05) is 59.3 Å². The Morgan fingerprint density at radius 3 is 2.41 bits per heavy atom. The summed E-state index contributed by atoms with van der Waals surface area (Å²) in [6.45, 7) is 2.69. The summed E-state index contributed by atoms with van der Waals surface area (Å²) < 4.78 is 7.01. The minimum atomic E-state index is -0.166. The second-order valence-electron chi connectivity index (χ2n) is 6.80. The zero-order valence-electron chi connectivity index (χ0n) is 16.4. The lowest BCUT2D eigenvalue weighted by atomic mass is 10.1. The number of ether oxygens (including phenoxy) is 1. The first-order chi connectivity index (χ1) is 14.2. The Kier molecular flexibility index (Phi) is 5.24. The van der Waals surface area contributed by atoms with Gasteiger partial charge in [0.05, 0.1) is 19.2 Å². The van der Waals surface area contributed by atoms with Crippen molar-refractivity contribution in [3.63, 3.8) is 0 Å². The second kappa shape index (κ2) is 8.14. The van der Waals surface area contributed by atoms with Crippen LogP contribution >= 0.6 is 0 Å². The van der Waals surface area contributed by atoms with Gasteiger partial charge in [-0.15, -0.1) is 5.10 Å². The summed E-state index contributed by atoms with van der Waals surface area (Å²) in [4.78, 5) is 12.6. The molecule has 6 nitrogen and oxygen atoms in total. The van der Waals surface area contributed by atoms with E-state index in [0.29, 0.717) is 17.6 Å². The van der Waals surface area contributed by atoms with Gasteiger partial charge in [-0.05, 0) is 60.0 Å². The Morgan fingerprint density at radius 2 is 1.72 bits per heavy atom. The van der Waals surface area contributed by atoms with E-state index in [1.54, 1.807) is 19.2 Å². The summed E-state index contributed by atoms with van der Waals surface area (Å²) in [6.07, 6.45) is 0.969. The van der Waals surface area contributed by atoms with Crippen LogP contribution < -0.4 is 10.1 Å². The van der Waals surface area contributed by atoms with Crippen molar-refractivity contribution in [3.8, 4) is 5.75 Å².